The second-order valence-corrected chi connectivity index (χ2v) is 6.17. The molecule has 0 saturated heterocycles. The molecule has 0 aliphatic heterocycles. The normalized spacial score (nSPS) is 11.7. The first-order chi connectivity index (χ1) is 11.0. The van der Waals surface area contributed by atoms with Crippen LogP contribution < -0.4 is 5.69 Å². The first-order valence-corrected chi connectivity index (χ1v) is 7.57. The second-order valence-electron chi connectivity index (χ2n) is 4.92. The van der Waals surface area contributed by atoms with Gasteiger partial charge in [-0.05, 0) is 47.7 Å². The smallest absolute Gasteiger partial charge is 0.332 e. The SMILES string of the molecule is Cc1onc2c(F)c3c(nc12)[nH]c(=O)n3-c1ccc(I)cc1F. The first kappa shape index (κ1) is 14.3. The highest BCUT2D eigenvalue weighted by Crippen LogP contribution is 2.26. The molecule has 0 aliphatic carbocycles. The Labute approximate surface area is 140 Å². The molecule has 0 amide bonds. The molecule has 0 radical (unpaired) electrons. The number of hydrogen-bond donors (Lipinski definition) is 1. The molecule has 0 atom stereocenters. The molecular formula is C14H7F2IN4O2. The molecule has 23 heavy (non-hydrogen) atoms. The van der Waals surface area contributed by atoms with Crippen molar-refractivity contribution < 1.29 is 13.3 Å². The fourth-order valence-corrected chi connectivity index (χ4v) is 2.92. The summed E-state index contributed by atoms with van der Waals surface area (Å²) in [4.78, 5) is 18.8. The average Bonchev–Trinajstić information content (AvgIpc) is 3.01. The molecule has 0 fully saturated rings. The zero-order valence-corrected chi connectivity index (χ0v) is 13.7. The number of fused-ring (bicyclic) bond motifs is 2. The largest absolute Gasteiger partial charge is 0.359 e. The van der Waals surface area contributed by atoms with Crippen molar-refractivity contribution in [3.8, 4) is 5.69 Å². The lowest BCUT2D eigenvalue weighted by atomic mass is 10.2. The summed E-state index contributed by atoms with van der Waals surface area (Å²) >= 11 is 1.94. The van der Waals surface area contributed by atoms with Gasteiger partial charge in [-0.1, -0.05) is 5.16 Å². The number of imidazole rings is 1. The minimum Gasteiger partial charge on any atom is -0.359 e. The Morgan fingerprint density at radius 2 is 2.09 bits per heavy atom. The zero-order chi connectivity index (χ0) is 16.3. The lowest BCUT2D eigenvalue weighted by Crippen LogP contribution is -2.16. The van der Waals surface area contributed by atoms with Crippen LogP contribution in [0.4, 0.5) is 8.78 Å². The van der Waals surface area contributed by atoms with Gasteiger partial charge >= 0.3 is 5.69 Å². The number of rotatable bonds is 1. The third-order valence-corrected chi connectivity index (χ3v) is 4.17. The van der Waals surface area contributed by atoms with Crippen molar-refractivity contribution in [2.24, 2.45) is 0 Å². The molecule has 3 heterocycles. The molecule has 0 saturated carbocycles. The lowest BCUT2D eigenvalue weighted by Gasteiger charge is -2.05. The molecule has 3 aromatic heterocycles. The van der Waals surface area contributed by atoms with Gasteiger partial charge in [-0.2, -0.15) is 0 Å². The van der Waals surface area contributed by atoms with Crippen LogP contribution in [0.5, 0.6) is 0 Å². The molecule has 0 aliphatic rings. The molecular weight excluding hydrogens is 421 g/mol. The number of aromatic amines is 1. The molecule has 4 rings (SSSR count). The maximum atomic E-state index is 14.8. The summed E-state index contributed by atoms with van der Waals surface area (Å²) in [7, 11) is 0. The van der Waals surface area contributed by atoms with E-state index >= 15 is 0 Å². The number of nitrogens with zero attached hydrogens (tertiary/aromatic N) is 3. The van der Waals surface area contributed by atoms with Crippen molar-refractivity contribution in [3.05, 3.63) is 49.6 Å². The Morgan fingerprint density at radius 3 is 2.83 bits per heavy atom. The number of aromatic nitrogens is 4. The van der Waals surface area contributed by atoms with Gasteiger partial charge in [0.15, 0.2) is 22.7 Å². The van der Waals surface area contributed by atoms with E-state index in [1.807, 2.05) is 22.6 Å². The van der Waals surface area contributed by atoms with Gasteiger partial charge in [0.05, 0.1) is 5.69 Å². The Morgan fingerprint density at radius 1 is 1.30 bits per heavy atom. The van der Waals surface area contributed by atoms with Crippen molar-refractivity contribution in [2.45, 2.75) is 6.92 Å². The quantitative estimate of drug-likeness (QED) is 0.473. The van der Waals surface area contributed by atoms with Crippen molar-refractivity contribution in [1.29, 1.82) is 0 Å². The predicted molar refractivity (Wildman–Crippen MR) is 86.6 cm³/mol. The molecule has 0 spiro atoms. The Hall–Kier alpha value is -2.30. The summed E-state index contributed by atoms with van der Waals surface area (Å²) in [6.07, 6.45) is 0. The second kappa shape index (κ2) is 4.85. The van der Waals surface area contributed by atoms with Gasteiger partial charge in [-0.15, -0.1) is 0 Å². The maximum absolute atomic E-state index is 14.8. The summed E-state index contributed by atoms with van der Waals surface area (Å²) in [6, 6.07) is 4.28. The zero-order valence-electron chi connectivity index (χ0n) is 11.5. The van der Waals surface area contributed by atoms with Gasteiger partial charge in [0.1, 0.15) is 16.9 Å². The fraction of sp³-hybridized carbons (Fsp3) is 0.0714. The third kappa shape index (κ3) is 1.99. The summed E-state index contributed by atoms with van der Waals surface area (Å²) in [5, 5.41) is 3.61. The van der Waals surface area contributed by atoms with E-state index in [-0.39, 0.29) is 27.9 Å². The van der Waals surface area contributed by atoms with Gasteiger partial charge in [-0.25, -0.2) is 18.6 Å². The summed E-state index contributed by atoms with van der Waals surface area (Å²) in [5.74, 6) is -1.11. The van der Waals surface area contributed by atoms with Crippen LogP contribution in [0.1, 0.15) is 5.76 Å². The summed E-state index contributed by atoms with van der Waals surface area (Å²) < 4.78 is 35.5. The molecule has 9 heteroatoms. The van der Waals surface area contributed by atoms with Crippen molar-refractivity contribution in [1.82, 2.24) is 19.7 Å². The molecule has 0 unspecified atom stereocenters. The average molecular weight is 428 g/mol. The van der Waals surface area contributed by atoms with Crippen LogP contribution in [0, 0.1) is 22.1 Å². The highest BCUT2D eigenvalue weighted by Gasteiger charge is 2.22. The van der Waals surface area contributed by atoms with E-state index in [0.717, 1.165) is 4.57 Å². The Balaban J connectivity index is 2.17. The van der Waals surface area contributed by atoms with E-state index < -0.39 is 17.3 Å². The van der Waals surface area contributed by atoms with Crippen LogP contribution >= 0.6 is 22.6 Å². The number of nitrogens with one attached hydrogen (secondary N) is 1. The van der Waals surface area contributed by atoms with Crippen molar-refractivity contribution in [2.75, 3.05) is 0 Å². The highest BCUT2D eigenvalue weighted by atomic mass is 127. The fourth-order valence-electron chi connectivity index (χ4n) is 2.47. The topological polar surface area (TPSA) is 76.7 Å². The van der Waals surface area contributed by atoms with Crippen LogP contribution in [0.3, 0.4) is 0 Å². The minimum atomic E-state index is -0.793. The van der Waals surface area contributed by atoms with Crippen molar-refractivity contribution >= 4 is 44.8 Å². The van der Waals surface area contributed by atoms with Crippen molar-refractivity contribution in [3.63, 3.8) is 0 Å². The van der Waals surface area contributed by atoms with Gasteiger partial charge in [0.2, 0.25) is 0 Å². The number of hydrogen-bond acceptors (Lipinski definition) is 4. The van der Waals surface area contributed by atoms with Crippen LogP contribution in [0.25, 0.3) is 27.9 Å². The molecule has 6 nitrogen and oxygen atoms in total. The number of benzene rings is 1. The van der Waals surface area contributed by atoms with Gasteiger partial charge in [0.25, 0.3) is 0 Å². The highest BCUT2D eigenvalue weighted by molar-refractivity contribution is 14.1. The first-order valence-electron chi connectivity index (χ1n) is 6.49. The van der Waals surface area contributed by atoms with E-state index in [9.17, 15) is 13.6 Å². The number of halogens is 3. The number of aryl methyl sites for hydroxylation is 1. The van der Waals surface area contributed by atoms with E-state index in [2.05, 4.69) is 15.1 Å². The predicted octanol–water partition coefficient (Wildman–Crippen LogP) is 3.05. The molecule has 1 aromatic carbocycles. The van der Waals surface area contributed by atoms with Gasteiger partial charge in [-0.3, -0.25) is 9.55 Å². The number of pyridine rings is 1. The Kier molecular flexibility index (Phi) is 3.01. The van der Waals surface area contributed by atoms with E-state index in [1.54, 1.807) is 13.0 Å². The van der Waals surface area contributed by atoms with E-state index in [0.29, 0.717) is 9.33 Å². The van der Waals surface area contributed by atoms with Crippen LogP contribution in [-0.4, -0.2) is 19.7 Å². The monoisotopic (exact) mass is 428 g/mol. The van der Waals surface area contributed by atoms with E-state index in [4.69, 9.17) is 4.52 Å². The van der Waals surface area contributed by atoms with Gasteiger partial charge < -0.3 is 4.52 Å². The lowest BCUT2D eigenvalue weighted by molar-refractivity contribution is 0.403. The Bertz CT molecular complexity index is 1150. The standard InChI is InChI=1S/C14H7F2IN4O2/c1-5-10-11(20-23-5)9(16)12-13(18-10)19-14(22)21(12)8-3-2-6(17)4-7(8)15/h2-4H,1H3,(H,18,19,22). The van der Waals surface area contributed by atoms with Crippen LogP contribution in [0.15, 0.2) is 27.5 Å². The van der Waals surface area contributed by atoms with Gasteiger partial charge in [0, 0.05) is 3.57 Å². The van der Waals surface area contributed by atoms with E-state index in [1.165, 1.54) is 12.1 Å². The molecule has 4 aromatic rings. The minimum absolute atomic E-state index is 0.00394. The maximum Gasteiger partial charge on any atom is 0.332 e. The molecule has 116 valence electrons. The van der Waals surface area contributed by atoms with Crippen LogP contribution in [-0.2, 0) is 0 Å². The summed E-state index contributed by atoms with van der Waals surface area (Å²) in [5.41, 5.74) is -0.809. The summed E-state index contributed by atoms with van der Waals surface area (Å²) in [6.45, 7) is 1.58. The third-order valence-electron chi connectivity index (χ3n) is 3.50. The van der Waals surface area contributed by atoms with Crippen LogP contribution in [0.2, 0.25) is 0 Å². The number of H-pyrrole nitrogens is 1. The molecule has 0 bridgehead atoms. The molecule has 1 N–H and O–H groups in total.